The normalized spacial score (nSPS) is 16.3. The van der Waals surface area contributed by atoms with Gasteiger partial charge in [-0.25, -0.2) is 4.39 Å². The number of amides is 2. The maximum Gasteiger partial charge on any atom is 0.254 e. The first-order valence-electron chi connectivity index (χ1n) is 11.0. The fourth-order valence-corrected chi connectivity index (χ4v) is 5.16. The molecule has 2 aromatic carbocycles. The van der Waals surface area contributed by atoms with Crippen LogP contribution in [0.1, 0.15) is 52.7 Å². The third-order valence-electron chi connectivity index (χ3n) is 6.16. The third kappa shape index (κ3) is 4.46. The quantitative estimate of drug-likeness (QED) is 0.511. The first-order valence-corrected chi connectivity index (χ1v) is 11.8. The number of hydrogen-bond acceptors (Lipinski definition) is 3. The van der Waals surface area contributed by atoms with Gasteiger partial charge in [-0.2, -0.15) is 0 Å². The Bertz CT molecular complexity index is 1100. The molecule has 2 amide bonds. The van der Waals surface area contributed by atoms with Crippen molar-refractivity contribution < 1.29 is 14.0 Å². The number of thiophene rings is 1. The van der Waals surface area contributed by atoms with E-state index in [1.807, 2.05) is 49.1 Å². The van der Waals surface area contributed by atoms with Crippen molar-refractivity contribution in [2.75, 3.05) is 13.1 Å². The fraction of sp³-hybridized carbons (Fsp3) is 0.308. The molecule has 0 aliphatic carbocycles. The van der Waals surface area contributed by atoms with E-state index in [0.29, 0.717) is 13.0 Å². The van der Waals surface area contributed by atoms with Gasteiger partial charge < -0.3 is 9.80 Å². The highest BCUT2D eigenvalue weighted by Gasteiger charge is 2.34. The molecule has 3 aromatic rings. The highest BCUT2D eigenvalue weighted by atomic mass is 32.1. The Balaban J connectivity index is 1.63. The van der Waals surface area contributed by atoms with Crippen molar-refractivity contribution in [3.05, 3.63) is 93.4 Å². The van der Waals surface area contributed by atoms with Gasteiger partial charge in [-0.05, 0) is 60.5 Å². The predicted molar refractivity (Wildman–Crippen MR) is 125 cm³/mol. The van der Waals surface area contributed by atoms with Crippen LogP contribution in [-0.4, -0.2) is 40.7 Å². The van der Waals surface area contributed by atoms with Crippen LogP contribution in [-0.2, 0) is 11.2 Å². The molecule has 1 aliphatic heterocycles. The fourth-order valence-electron chi connectivity index (χ4n) is 4.25. The molecule has 0 radical (unpaired) electrons. The van der Waals surface area contributed by atoms with Gasteiger partial charge in [0.15, 0.2) is 0 Å². The summed E-state index contributed by atoms with van der Waals surface area (Å²) in [5.41, 5.74) is 2.48. The van der Waals surface area contributed by atoms with Crippen molar-refractivity contribution >= 4 is 23.2 Å². The number of nitrogens with zero attached hydrogens (tertiary/aromatic N) is 2. The molecule has 2 unspecified atom stereocenters. The Morgan fingerprint density at radius 1 is 1.16 bits per heavy atom. The predicted octanol–water partition coefficient (Wildman–Crippen LogP) is 5.30. The van der Waals surface area contributed by atoms with Crippen LogP contribution in [0, 0.1) is 5.82 Å². The van der Waals surface area contributed by atoms with Crippen LogP contribution in [0.5, 0.6) is 0 Å². The lowest BCUT2D eigenvalue weighted by Crippen LogP contribution is -2.49. The molecule has 0 bridgehead atoms. The summed E-state index contributed by atoms with van der Waals surface area (Å²) in [6, 6.07) is 17.5. The first kappa shape index (κ1) is 22.2. The molecule has 0 saturated carbocycles. The van der Waals surface area contributed by atoms with Gasteiger partial charge in [0.2, 0.25) is 5.91 Å². The Morgan fingerprint density at radius 3 is 2.66 bits per heavy atom. The van der Waals surface area contributed by atoms with Gasteiger partial charge in [-0.3, -0.25) is 9.59 Å². The molecular formula is C26H27FN2O2S. The number of rotatable bonds is 6. The van der Waals surface area contributed by atoms with E-state index in [1.165, 1.54) is 23.1 Å². The summed E-state index contributed by atoms with van der Waals surface area (Å²) in [6.45, 7) is 4.47. The zero-order valence-corrected chi connectivity index (χ0v) is 19.1. The molecule has 2 heterocycles. The zero-order valence-electron chi connectivity index (χ0n) is 18.3. The number of benzene rings is 2. The van der Waals surface area contributed by atoms with Crippen LogP contribution in [0.25, 0.3) is 0 Å². The van der Waals surface area contributed by atoms with Crippen LogP contribution in [0.15, 0.2) is 66.0 Å². The van der Waals surface area contributed by atoms with E-state index in [-0.39, 0.29) is 36.0 Å². The van der Waals surface area contributed by atoms with Gasteiger partial charge in [0.25, 0.3) is 5.91 Å². The number of halogens is 1. The molecule has 6 heteroatoms. The van der Waals surface area contributed by atoms with Crippen LogP contribution in [0.2, 0.25) is 0 Å². The molecule has 166 valence electrons. The summed E-state index contributed by atoms with van der Waals surface area (Å²) in [6.07, 6.45) is 1.51. The molecule has 32 heavy (non-hydrogen) atoms. The van der Waals surface area contributed by atoms with Crippen LogP contribution in [0.3, 0.4) is 0 Å². The summed E-state index contributed by atoms with van der Waals surface area (Å²) in [4.78, 5) is 31.6. The van der Waals surface area contributed by atoms with Gasteiger partial charge in [-0.15, -0.1) is 11.3 Å². The van der Waals surface area contributed by atoms with E-state index in [4.69, 9.17) is 0 Å². The largest absolute Gasteiger partial charge is 0.330 e. The number of carbonyl (C=O) groups is 2. The van der Waals surface area contributed by atoms with E-state index < -0.39 is 5.82 Å². The lowest BCUT2D eigenvalue weighted by Gasteiger charge is -2.38. The molecule has 4 nitrogen and oxygen atoms in total. The lowest BCUT2D eigenvalue weighted by atomic mass is 9.93. The van der Waals surface area contributed by atoms with E-state index >= 15 is 0 Å². The number of hydrogen-bond donors (Lipinski definition) is 0. The van der Waals surface area contributed by atoms with Gasteiger partial charge in [0.05, 0.1) is 6.04 Å². The minimum atomic E-state index is -0.462. The molecule has 1 aliphatic rings. The molecule has 0 N–H and O–H groups in total. The van der Waals surface area contributed by atoms with Crippen molar-refractivity contribution in [2.24, 2.45) is 0 Å². The molecule has 0 spiro atoms. The van der Waals surface area contributed by atoms with Crippen molar-refractivity contribution in [1.82, 2.24) is 9.80 Å². The molecule has 4 rings (SSSR count). The Kier molecular flexibility index (Phi) is 6.70. The summed E-state index contributed by atoms with van der Waals surface area (Å²) in [7, 11) is 0. The SMILES string of the molecule is CCC(C)N(CC(=O)N1CCc2sccc2C1c1ccccc1)C(=O)c1cccc(F)c1. The Morgan fingerprint density at radius 2 is 1.94 bits per heavy atom. The highest BCUT2D eigenvalue weighted by Crippen LogP contribution is 2.37. The molecule has 2 atom stereocenters. The second kappa shape index (κ2) is 9.65. The summed E-state index contributed by atoms with van der Waals surface area (Å²) >= 11 is 1.73. The topological polar surface area (TPSA) is 40.6 Å². The third-order valence-corrected chi connectivity index (χ3v) is 7.16. The Hall–Kier alpha value is -2.99. The number of fused-ring (bicyclic) bond motifs is 1. The minimum absolute atomic E-state index is 0.0346. The summed E-state index contributed by atoms with van der Waals surface area (Å²) < 4.78 is 13.7. The number of carbonyl (C=O) groups excluding carboxylic acids is 2. The Labute approximate surface area is 192 Å². The summed E-state index contributed by atoms with van der Waals surface area (Å²) in [5.74, 6) is -0.881. The van der Waals surface area contributed by atoms with E-state index in [2.05, 4.69) is 11.4 Å². The van der Waals surface area contributed by atoms with Crippen LogP contribution in [0.4, 0.5) is 4.39 Å². The second-order valence-corrected chi connectivity index (χ2v) is 9.15. The van der Waals surface area contributed by atoms with Crippen molar-refractivity contribution in [3.8, 4) is 0 Å². The van der Waals surface area contributed by atoms with Crippen molar-refractivity contribution in [2.45, 2.75) is 38.8 Å². The van der Waals surface area contributed by atoms with Crippen LogP contribution >= 0.6 is 11.3 Å². The molecular weight excluding hydrogens is 423 g/mol. The molecule has 0 saturated heterocycles. The average Bonchev–Trinajstić information content (AvgIpc) is 3.30. The lowest BCUT2D eigenvalue weighted by molar-refractivity contribution is -0.134. The average molecular weight is 451 g/mol. The first-order chi connectivity index (χ1) is 15.5. The molecule has 0 fully saturated rings. The van der Waals surface area contributed by atoms with Gasteiger partial charge in [0.1, 0.15) is 12.4 Å². The van der Waals surface area contributed by atoms with E-state index in [9.17, 15) is 14.0 Å². The standard InChI is InChI=1S/C26H27FN2O2S/c1-3-18(2)29(26(31)20-10-7-11-21(27)16-20)17-24(30)28-14-12-23-22(13-15-32-23)25(28)19-8-5-4-6-9-19/h4-11,13,15-16,18,25H,3,12,14,17H2,1-2H3. The smallest absolute Gasteiger partial charge is 0.254 e. The molecule has 1 aromatic heterocycles. The highest BCUT2D eigenvalue weighted by molar-refractivity contribution is 7.10. The monoisotopic (exact) mass is 450 g/mol. The van der Waals surface area contributed by atoms with Crippen LogP contribution < -0.4 is 0 Å². The maximum absolute atomic E-state index is 13.7. The van der Waals surface area contributed by atoms with Gasteiger partial charge in [-0.1, -0.05) is 43.3 Å². The minimum Gasteiger partial charge on any atom is -0.330 e. The summed E-state index contributed by atoms with van der Waals surface area (Å²) in [5, 5.41) is 2.08. The van der Waals surface area contributed by atoms with Crippen molar-refractivity contribution in [1.29, 1.82) is 0 Å². The van der Waals surface area contributed by atoms with Crippen molar-refractivity contribution in [3.63, 3.8) is 0 Å². The van der Waals surface area contributed by atoms with Gasteiger partial charge in [0, 0.05) is 23.0 Å². The van der Waals surface area contributed by atoms with E-state index in [1.54, 1.807) is 22.3 Å². The van der Waals surface area contributed by atoms with Gasteiger partial charge >= 0.3 is 0 Å². The zero-order chi connectivity index (χ0) is 22.7. The second-order valence-electron chi connectivity index (χ2n) is 8.15. The van der Waals surface area contributed by atoms with E-state index in [0.717, 1.165) is 17.5 Å². The maximum atomic E-state index is 13.7.